The van der Waals surface area contributed by atoms with Crippen molar-refractivity contribution in [3.05, 3.63) is 26.5 Å². The van der Waals surface area contributed by atoms with Crippen LogP contribution in [0.3, 0.4) is 0 Å². The number of anilines is 1. The number of rotatable bonds is 8. The van der Waals surface area contributed by atoms with E-state index in [1.807, 2.05) is 6.92 Å². The molecule has 2 heterocycles. The SMILES string of the molecule is CCCn1c(SCC(=O)Nc2sc3c(c2C#N)CCC(C(C)(C)CC)C3)n[nH]c1=O. The summed E-state index contributed by atoms with van der Waals surface area (Å²) in [7, 11) is 0. The number of nitrogens with one attached hydrogen (secondary N) is 2. The molecule has 1 aliphatic rings. The zero-order valence-electron chi connectivity index (χ0n) is 18.0. The third kappa shape index (κ3) is 4.65. The van der Waals surface area contributed by atoms with E-state index >= 15 is 0 Å². The van der Waals surface area contributed by atoms with Gasteiger partial charge in [0.2, 0.25) is 5.91 Å². The molecule has 0 saturated heterocycles. The Labute approximate surface area is 185 Å². The lowest BCUT2D eigenvalue weighted by Gasteiger charge is -2.36. The fraction of sp³-hybridized carbons (Fsp3) is 0.619. The summed E-state index contributed by atoms with van der Waals surface area (Å²) >= 11 is 2.76. The number of amides is 1. The first-order valence-electron chi connectivity index (χ1n) is 10.4. The van der Waals surface area contributed by atoms with E-state index in [2.05, 4.69) is 42.4 Å². The van der Waals surface area contributed by atoms with Crippen molar-refractivity contribution in [3.8, 4) is 6.07 Å². The van der Waals surface area contributed by atoms with Crippen LogP contribution in [0.1, 0.15) is 63.0 Å². The van der Waals surface area contributed by atoms with Gasteiger partial charge in [0, 0.05) is 11.4 Å². The fourth-order valence-corrected chi connectivity index (χ4v) is 5.94. The maximum Gasteiger partial charge on any atom is 0.343 e. The van der Waals surface area contributed by atoms with Crippen LogP contribution in [0.5, 0.6) is 0 Å². The summed E-state index contributed by atoms with van der Waals surface area (Å²) in [5, 5.41) is 20.2. The van der Waals surface area contributed by atoms with E-state index < -0.39 is 0 Å². The Morgan fingerprint density at radius 2 is 2.23 bits per heavy atom. The number of carbonyl (C=O) groups is 1. The highest BCUT2D eigenvalue weighted by atomic mass is 32.2. The van der Waals surface area contributed by atoms with Crippen LogP contribution in [0.2, 0.25) is 0 Å². The highest BCUT2D eigenvalue weighted by Crippen LogP contribution is 2.45. The lowest BCUT2D eigenvalue weighted by atomic mass is 9.69. The van der Waals surface area contributed by atoms with Crippen molar-refractivity contribution < 1.29 is 4.79 Å². The number of aromatic nitrogens is 3. The molecule has 30 heavy (non-hydrogen) atoms. The summed E-state index contributed by atoms with van der Waals surface area (Å²) in [5.41, 5.74) is 1.73. The van der Waals surface area contributed by atoms with E-state index in [9.17, 15) is 14.9 Å². The molecule has 1 atom stereocenters. The monoisotopic (exact) mass is 447 g/mol. The molecule has 0 spiro atoms. The van der Waals surface area contributed by atoms with E-state index in [0.29, 0.717) is 28.2 Å². The lowest BCUT2D eigenvalue weighted by Crippen LogP contribution is -2.28. The van der Waals surface area contributed by atoms with Crippen LogP contribution in [-0.2, 0) is 24.2 Å². The third-order valence-electron chi connectivity index (χ3n) is 6.15. The normalized spacial score (nSPS) is 16.2. The van der Waals surface area contributed by atoms with E-state index in [1.165, 1.54) is 21.2 Å². The molecule has 1 amide bonds. The lowest BCUT2D eigenvalue weighted by molar-refractivity contribution is -0.113. The molecule has 0 fully saturated rings. The molecule has 2 N–H and O–H groups in total. The summed E-state index contributed by atoms with van der Waals surface area (Å²) in [5.74, 6) is 0.528. The van der Waals surface area contributed by atoms with Crippen molar-refractivity contribution in [2.24, 2.45) is 11.3 Å². The molecule has 1 unspecified atom stereocenters. The maximum absolute atomic E-state index is 12.6. The Hall–Kier alpha value is -2.05. The molecule has 7 nitrogen and oxygen atoms in total. The number of thiophene rings is 1. The Kier molecular flexibility index (Phi) is 7.09. The topological polar surface area (TPSA) is 104 Å². The standard InChI is InChI=1S/C21H29N5O2S2/c1-5-9-26-19(28)24-25-20(26)29-12-17(27)23-18-15(11-22)14-8-7-13(10-16(14)30-18)21(3,4)6-2/h13H,5-10,12H2,1-4H3,(H,23,27)(H,24,28). The second kappa shape index (κ2) is 9.40. The molecule has 0 saturated carbocycles. The average molecular weight is 448 g/mol. The first-order valence-corrected chi connectivity index (χ1v) is 12.2. The average Bonchev–Trinajstić information content (AvgIpc) is 3.25. The van der Waals surface area contributed by atoms with E-state index in [1.54, 1.807) is 11.3 Å². The summed E-state index contributed by atoms with van der Waals surface area (Å²) in [4.78, 5) is 25.6. The number of nitrogens with zero attached hydrogens (tertiary/aromatic N) is 3. The Balaban J connectivity index is 1.70. The van der Waals surface area contributed by atoms with Gasteiger partial charge in [0.1, 0.15) is 11.1 Å². The highest BCUT2D eigenvalue weighted by Gasteiger charge is 2.34. The predicted octanol–water partition coefficient (Wildman–Crippen LogP) is 4.19. The van der Waals surface area contributed by atoms with E-state index in [0.717, 1.165) is 37.7 Å². The van der Waals surface area contributed by atoms with Crippen LogP contribution in [0.15, 0.2) is 9.95 Å². The molecular formula is C21H29N5O2S2. The molecule has 0 aromatic carbocycles. The number of H-pyrrole nitrogens is 1. The van der Waals surface area contributed by atoms with Crippen molar-refractivity contribution >= 4 is 34.0 Å². The second-order valence-corrected chi connectivity index (χ2v) is 10.4. The minimum absolute atomic E-state index is 0.132. The molecule has 2 aromatic rings. The molecule has 162 valence electrons. The minimum Gasteiger partial charge on any atom is -0.316 e. The molecule has 0 radical (unpaired) electrons. The van der Waals surface area contributed by atoms with Crippen LogP contribution in [0.4, 0.5) is 5.00 Å². The Morgan fingerprint density at radius 3 is 2.90 bits per heavy atom. The van der Waals surface area contributed by atoms with Crippen LogP contribution >= 0.6 is 23.1 Å². The van der Waals surface area contributed by atoms with Crippen molar-refractivity contribution in [2.45, 2.75) is 71.5 Å². The number of nitriles is 1. The van der Waals surface area contributed by atoms with Crippen molar-refractivity contribution in [2.75, 3.05) is 11.1 Å². The van der Waals surface area contributed by atoms with Crippen LogP contribution in [0, 0.1) is 22.7 Å². The molecule has 3 rings (SSSR count). The summed E-state index contributed by atoms with van der Waals surface area (Å²) in [6.45, 7) is 9.40. The Morgan fingerprint density at radius 1 is 1.47 bits per heavy atom. The predicted molar refractivity (Wildman–Crippen MR) is 121 cm³/mol. The smallest absolute Gasteiger partial charge is 0.316 e. The molecular weight excluding hydrogens is 418 g/mol. The molecule has 1 aliphatic carbocycles. The van der Waals surface area contributed by atoms with Gasteiger partial charge < -0.3 is 5.32 Å². The Bertz CT molecular complexity index is 1010. The van der Waals surface area contributed by atoms with Gasteiger partial charge in [-0.25, -0.2) is 9.89 Å². The van der Waals surface area contributed by atoms with Crippen LogP contribution in [-0.4, -0.2) is 26.4 Å². The van der Waals surface area contributed by atoms with Gasteiger partial charge in [0.05, 0.1) is 11.3 Å². The molecule has 0 bridgehead atoms. The zero-order chi connectivity index (χ0) is 21.9. The summed E-state index contributed by atoms with van der Waals surface area (Å²) < 4.78 is 1.54. The molecule has 2 aromatic heterocycles. The first kappa shape index (κ1) is 22.6. The molecule has 9 heteroatoms. The largest absolute Gasteiger partial charge is 0.343 e. The fourth-order valence-electron chi connectivity index (χ4n) is 3.87. The van der Waals surface area contributed by atoms with Crippen LogP contribution < -0.4 is 11.0 Å². The minimum atomic E-state index is -0.262. The number of thioether (sulfide) groups is 1. The summed E-state index contributed by atoms with van der Waals surface area (Å²) in [6.07, 6.45) is 4.87. The van der Waals surface area contributed by atoms with Crippen molar-refractivity contribution in [1.82, 2.24) is 14.8 Å². The quantitative estimate of drug-likeness (QED) is 0.591. The van der Waals surface area contributed by atoms with E-state index in [4.69, 9.17) is 0 Å². The van der Waals surface area contributed by atoms with Gasteiger partial charge in [-0.05, 0) is 42.6 Å². The van der Waals surface area contributed by atoms with Gasteiger partial charge in [-0.2, -0.15) is 5.26 Å². The van der Waals surface area contributed by atoms with Crippen molar-refractivity contribution in [1.29, 1.82) is 5.26 Å². The number of carbonyl (C=O) groups excluding carboxylic acids is 1. The maximum atomic E-state index is 12.6. The number of fused-ring (bicyclic) bond motifs is 1. The van der Waals surface area contributed by atoms with Crippen LogP contribution in [0.25, 0.3) is 0 Å². The van der Waals surface area contributed by atoms with Crippen molar-refractivity contribution in [3.63, 3.8) is 0 Å². The zero-order valence-corrected chi connectivity index (χ0v) is 19.6. The van der Waals surface area contributed by atoms with Gasteiger partial charge in [-0.3, -0.25) is 9.36 Å². The van der Waals surface area contributed by atoms with E-state index in [-0.39, 0.29) is 22.8 Å². The van der Waals surface area contributed by atoms with Gasteiger partial charge >= 0.3 is 5.69 Å². The first-order chi connectivity index (χ1) is 14.3. The number of aromatic amines is 1. The number of hydrogen-bond donors (Lipinski definition) is 2. The second-order valence-electron chi connectivity index (χ2n) is 8.40. The van der Waals surface area contributed by atoms with Gasteiger partial charge in [0.15, 0.2) is 5.16 Å². The number of hydrogen-bond acceptors (Lipinski definition) is 6. The van der Waals surface area contributed by atoms with Gasteiger partial charge in [-0.1, -0.05) is 45.9 Å². The third-order valence-corrected chi connectivity index (χ3v) is 8.30. The van der Waals surface area contributed by atoms with Gasteiger partial charge in [-0.15, -0.1) is 16.4 Å². The molecule has 0 aliphatic heterocycles. The highest BCUT2D eigenvalue weighted by molar-refractivity contribution is 7.99. The van der Waals surface area contributed by atoms with Gasteiger partial charge in [0.25, 0.3) is 0 Å². The summed E-state index contributed by atoms with van der Waals surface area (Å²) in [6, 6.07) is 2.31.